The van der Waals surface area contributed by atoms with Crippen LogP contribution in [-0.2, 0) is 6.54 Å². The predicted octanol–water partition coefficient (Wildman–Crippen LogP) is 4.22. The molecule has 10 nitrogen and oxygen atoms in total. The van der Waals surface area contributed by atoms with E-state index in [4.69, 9.17) is 0 Å². The number of pyridine rings is 2. The Morgan fingerprint density at radius 2 is 1.87 bits per heavy atom. The number of aliphatic hydroxyl groups is 1. The summed E-state index contributed by atoms with van der Waals surface area (Å²) in [6, 6.07) is 5.50. The van der Waals surface area contributed by atoms with Crippen molar-refractivity contribution in [3.63, 3.8) is 0 Å². The number of amides is 2. The molecular formula is C27H37FN6O4. The van der Waals surface area contributed by atoms with Crippen LogP contribution in [0.2, 0.25) is 0 Å². The zero-order chi connectivity index (χ0) is 28.2. The molecule has 3 rings (SSSR count). The molecule has 38 heavy (non-hydrogen) atoms. The third kappa shape index (κ3) is 7.18. The summed E-state index contributed by atoms with van der Waals surface area (Å²) in [7, 11) is 0. The average Bonchev–Trinajstić information content (AvgIpc) is 3.23. The van der Waals surface area contributed by atoms with Crippen LogP contribution in [0.25, 0.3) is 16.9 Å². The van der Waals surface area contributed by atoms with E-state index in [1.807, 2.05) is 46.0 Å². The van der Waals surface area contributed by atoms with Gasteiger partial charge in [-0.2, -0.15) is 0 Å². The summed E-state index contributed by atoms with van der Waals surface area (Å²) in [6.07, 6.45) is 2.28. The number of halogens is 1. The number of aromatic nitrogens is 3. The number of anilines is 1. The minimum atomic E-state index is -1.63. The lowest BCUT2D eigenvalue weighted by Crippen LogP contribution is -2.42. The van der Waals surface area contributed by atoms with Gasteiger partial charge in [-0.15, -0.1) is 0 Å². The average molecular weight is 529 g/mol. The smallest absolute Gasteiger partial charge is 0.407 e. The van der Waals surface area contributed by atoms with Crippen molar-refractivity contribution in [3.8, 4) is 5.82 Å². The number of hydrogen-bond donors (Lipinski definition) is 4. The standard InChI is InChI=1S/C27H37FN6O4/c1-16(2)14-33(26(36)37)15-18-9-19-7-8-34(24(19)30-11-18)23-10-21(32-17(3)4)20(12-29-23)25(35)31-13-22(28)27(5,6)38/h7-12,16-17,22,38H,13-15H2,1-6H3,(H,29,32)(H,31,35)(H,36,37)/t22-/m1/s1. The van der Waals surface area contributed by atoms with Crippen molar-refractivity contribution in [3.05, 3.63) is 47.9 Å². The Morgan fingerprint density at radius 1 is 1.16 bits per heavy atom. The molecule has 0 aliphatic carbocycles. The van der Waals surface area contributed by atoms with Crippen molar-refractivity contribution in [2.45, 2.75) is 65.9 Å². The molecule has 0 spiro atoms. The van der Waals surface area contributed by atoms with E-state index in [0.717, 1.165) is 10.9 Å². The molecule has 2 amide bonds. The topological polar surface area (TPSA) is 133 Å². The number of hydrogen-bond acceptors (Lipinski definition) is 6. The highest BCUT2D eigenvalue weighted by atomic mass is 19.1. The largest absolute Gasteiger partial charge is 0.465 e. The summed E-state index contributed by atoms with van der Waals surface area (Å²) in [6.45, 7) is 10.8. The van der Waals surface area contributed by atoms with Crippen LogP contribution >= 0.6 is 0 Å². The molecule has 0 saturated carbocycles. The van der Waals surface area contributed by atoms with Crippen molar-refractivity contribution >= 4 is 28.7 Å². The van der Waals surface area contributed by atoms with Gasteiger partial charge in [0, 0.05) is 42.6 Å². The number of nitrogens with one attached hydrogen (secondary N) is 2. The van der Waals surface area contributed by atoms with Crippen molar-refractivity contribution < 1.29 is 24.2 Å². The van der Waals surface area contributed by atoms with E-state index < -0.39 is 23.8 Å². The molecule has 0 radical (unpaired) electrons. The SMILES string of the molecule is CC(C)CN(Cc1cnc2c(ccn2-c2cc(NC(C)C)c(C(=O)NC[C@@H](F)C(C)(C)O)cn2)c1)C(=O)O. The van der Waals surface area contributed by atoms with Gasteiger partial charge in [0.1, 0.15) is 17.6 Å². The van der Waals surface area contributed by atoms with Crippen molar-refractivity contribution in [2.75, 3.05) is 18.4 Å². The molecular weight excluding hydrogens is 491 g/mol. The Balaban J connectivity index is 1.88. The van der Waals surface area contributed by atoms with Gasteiger partial charge in [-0.1, -0.05) is 13.8 Å². The normalized spacial score (nSPS) is 12.7. The number of carbonyl (C=O) groups excluding carboxylic acids is 1. The lowest BCUT2D eigenvalue weighted by atomic mass is 10.0. The molecule has 11 heteroatoms. The summed E-state index contributed by atoms with van der Waals surface area (Å²) < 4.78 is 15.9. The molecule has 0 aromatic carbocycles. The van der Waals surface area contributed by atoms with Crippen LogP contribution in [0.1, 0.15) is 57.5 Å². The maximum absolute atomic E-state index is 14.2. The molecule has 3 heterocycles. The third-order valence-corrected chi connectivity index (χ3v) is 5.85. The Hall–Kier alpha value is -3.73. The molecule has 0 aliphatic heterocycles. The minimum absolute atomic E-state index is 0.00667. The number of nitrogens with zero attached hydrogens (tertiary/aromatic N) is 4. The summed E-state index contributed by atoms with van der Waals surface area (Å²) in [5, 5.41) is 25.9. The maximum atomic E-state index is 14.2. The monoisotopic (exact) mass is 528 g/mol. The molecule has 0 aliphatic rings. The van der Waals surface area contributed by atoms with Crippen LogP contribution in [0.15, 0.2) is 36.8 Å². The second kappa shape index (κ2) is 11.8. The summed E-state index contributed by atoms with van der Waals surface area (Å²) in [5.74, 6) is 0.212. The Labute approximate surface area is 221 Å². The fraction of sp³-hybridized carbons (Fsp3) is 0.481. The molecule has 0 saturated heterocycles. The molecule has 3 aromatic rings. The van der Waals surface area contributed by atoms with Crippen LogP contribution in [-0.4, -0.2) is 72.6 Å². The highest BCUT2D eigenvalue weighted by molar-refractivity contribution is 5.99. The number of alkyl halides is 1. The number of carboxylic acid groups (broad SMARTS) is 1. The highest BCUT2D eigenvalue weighted by Gasteiger charge is 2.27. The Morgan fingerprint density at radius 3 is 2.47 bits per heavy atom. The lowest BCUT2D eigenvalue weighted by molar-refractivity contribution is -0.00177. The van der Waals surface area contributed by atoms with Crippen molar-refractivity contribution in [1.82, 2.24) is 24.8 Å². The van der Waals surface area contributed by atoms with E-state index in [0.29, 0.717) is 23.7 Å². The van der Waals surface area contributed by atoms with E-state index >= 15 is 0 Å². The molecule has 206 valence electrons. The van der Waals surface area contributed by atoms with Crippen LogP contribution in [0.3, 0.4) is 0 Å². The zero-order valence-electron chi connectivity index (χ0n) is 22.7. The van der Waals surface area contributed by atoms with Gasteiger partial charge in [-0.05, 0) is 51.3 Å². The van der Waals surface area contributed by atoms with Gasteiger partial charge >= 0.3 is 6.09 Å². The first kappa shape index (κ1) is 28.8. The lowest BCUT2D eigenvalue weighted by Gasteiger charge is -2.23. The predicted molar refractivity (Wildman–Crippen MR) is 144 cm³/mol. The molecule has 4 N–H and O–H groups in total. The number of fused-ring (bicyclic) bond motifs is 1. The van der Waals surface area contributed by atoms with Crippen LogP contribution in [0.4, 0.5) is 14.9 Å². The van der Waals surface area contributed by atoms with E-state index in [9.17, 15) is 24.2 Å². The van der Waals surface area contributed by atoms with E-state index in [1.54, 1.807) is 16.8 Å². The number of rotatable bonds is 11. The van der Waals surface area contributed by atoms with Crippen LogP contribution in [0.5, 0.6) is 0 Å². The first-order valence-corrected chi connectivity index (χ1v) is 12.6. The van der Waals surface area contributed by atoms with Crippen molar-refractivity contribution in [2.24, 2.45) is 5.92 Å². The summed E-state index contributed by atoms with van der Waals surface area (Å²) in [5.41, 5.74) is 0.598. The van der Waals surface area contributed by atoms with Gasteiger partial charge < -0.3 is 25.7 Å². The number of carbonyl (C=O) groups is 2. The molecule has 0 fully saturated rings. The zero-order valence-corrected chi connectivity index (χ0v) is 22.7. The van der Waals surface area contributed by atoms with Gasteiger partial charge in [0.25, 0.3) is 5.91 Å². The highest BCUT2D eigenvalue weighted by Crippen LogP contribution is 2.24. The minimum Gasteiger partial charge on any atom is -0.465 e. The molecule has 1 atom stereocenters. The fourth-order valence-corrected chi connectivity index (χ4v) is 3.93. The van der Waals surface area contributed by atoms with E-state index in [2.05, 4.69) is 20.6 Å². The quantitative estimate of drug-likeness (QED) is 0.293. The summed E-state index contributed by atoms with van der Waals surface area (Å²) in [4.78, 5) is 34.8. The van der Waals surface area contributed by atoms with Crippen LogP contribution in [0, 0.1) is 5.92 Å². The van der Waals surface area contributed by atoms with Gasteiger partial charge in [0.05, 0.1) is 29.9 Å². The van der Waals surface area contributed by atoms with E-state index in [1.165, 1.54) is 24.9 Å². The summed E-state index contributed by atoms with van der Waals surface area (Å²) >= 11 is 0. The van der Waals surface area contributed by atoms with Crippen molar-refractivity contribution in [1.29, 1.82) is 0 Å². The van der Waals surface area contributed by atoms with Gasteiger partial charge in [0.2, 0.25) is 0 Å². The second-order valence-corrected chi connectivity index (χ2v) is 10.7. The van der Waals surface area contributed by atoms with Gasteiger partial charge in [-0.3, -0.25) is 9.36 Å². The second-order valence-electron chi connectivity index (χ2n) is 10.7. The van der Waals surface area contributed by atoms with Gasteiger partial charge in [-0.25, -0.2) is 19.2 Å². The van der Waals surface area contributed by atoms with Gasteiger partial charge in [0.15, 0.2) is 0 Å². The Bertz CT molecular complexity index is 1280. The first-order valence-electron chi connectivity index (χ1n) is 12.6. The molecule has 3 aromatic heterocycles. The Kier molecular flexibility index (Phi) is 8.93. The maximum Gasteiger partial charge on any atom is 0.407 e. The molecule has 0 bridgehead atoms. The molecule has 0 unspecified atom stereocenters. The van der Waals surface area contributed by atoms with E-state index in [-0.39, 0.29) is 30.6 Å². The fourth-order valence-electron chi connectivity index (χ4n) is 3.93. The third-order valence-electron chi connectivity index (χ3n) is 5.85. The first-order chi connectivity index (χ1) is 17.8. The van der Waals surface area contributed by atoms with Crippen LogP contribution < -0.4 is 10.6 Å².